The van der Waals surface area contributed by atoms with Gasteiger partial charge in [0, 0.05) is 19.6 Å². The Hall–Kier alpha value is -0.200. The van der Waals surface area contributed by atoms with Gasteiger partial charge in [-0.15, -0.1) is 0 Å². The molecule has 0 heterocycles. The number of nitrogens with zero attached hydrogens (tertiary/aromatic N) is 1. The first-order chi connectivity index (χ1) is 8.31. The lowest BCUT2D eigenvalue weighted by Gasteiger charge is -2.22. The van der Waals surface area contributed by atoms with Crippen LogP contribution in [0.2, 0.25) is 0 Å². The van der Waals surface area contributed by atoms with Crippen LogP contribution in [0.4, 0.5) is 0 Å². The molecule has 0 aliphatic heterocycles. The Balaban J connectivity index is 3.28. The molecule has 0 spiro atoms. The summed E-state index contributed by atoms with van der Waals surface area (Å²) in [7, 11) is 4.04. The summed E-state index contributed by atoms with van der Waals surface area (Å²) < 4.78 is 10.9. The van der Waals surface area contributed by atoms with Gasteiger partial charge in [-0.05, 0) is 34.9 Å². The third-order valence-corrected chi connectivity index (χ3v) is 2.19. The van der Waals surface area contributed by atoms with Crippen LogP contribution in [-0.4, -0.2) is 75.3 Å². The van der Waals surface area contributed by atoms with Crippen molar-refractivity contribution in [1.29, 1.82) is 0 Å². The van der Waals surface area contributed by atoms with Crippen molar-refractivity contribution < 1.29 is 14.6 Å². The Bertz CT molecular complexity index is 193. The van der Waals surface area contributed by atoms with Crippen molar-refractivity contribution in [1.82, 2.24) is 10.2 Å². The van der Waals surface area contributed by atoms with Crippen molar-refractivity contribution in [3.05, 3.63) is 0 Å². The van der Waals surface area contributed by atoms with Gasteiger partial charge >= 0.3 is 0 Å². The Labute approximate surface area is 111 Å². The van der Waals surface area contributed by atoms with Crippen LogP contribution in [0.5, 0.6) is 0 Å². The summed E-state index contributed by atoms with van der Waals surface area (Å²) in [4.78, 5) is 2.08. The van der Waals surface area contributed by atoms with Crippen molar-refractivity contribution in [3.63, 3.8) is 0 Å². The maximum absolute atomic E-state index is 9.65. The first-order valence-electron chi connectivity index (χ1n) is 6.56. The van der Waals surface area contributed by atoms with Crippen LogP contribution in [0.25, 0.3) is 0 Å². The second-order valence-electron chi connectivity index (χ2n) is 5.70. The number of likely N-dealkylation sites (N-methyl/N-ethyl adjacent to an activating group) is 1. The normalized spacial score (nSPS) is 14.2. The van der Waals surface area contributed by atoms with E-state index in [1.165, 1.54) is 0 Å². The highest BCUT2D eigenvalue weighted by Gasteiger charge is 2.13. The fourth-order valence-electron chi connectivity index (χ4n) is 1.17. The van der Waals surface area contributed by atoms with E-state index in [1.807, 2.05) is 34.9 Å². The molecular weight excluding hydrogens is 232 g/mol. The number of rotatable bonds is 10. The Morgan fingerprint density at radius 2 is 1.89 bits per heavy atom. The predicted octanol–water partition coefficient (Wildman–Crippen LogP) is 0.330. The van der Waals surface area contributed by atoms with Crippen molar-refractivity contribution in [2.24, 2.45) is 0 Å². The third-order valence-electron chi connectivity index (χ3n) is 2.19. The molecule has 0 rings (SSSR count). The van der Waals surface area contributed by atoms with Crippen LogP contribution in [0.1, 0.15) is 20.8 Å². The van der Waals surface area contributed by atoms with Crippen LogP contribution >= 0.6 is 0 Å². The first kappa shape index (κ1) is 17.8. The first-order valence-corrected chi connectivity index (χ1v) is 6.56. The second-order valence-corrected chi connectivity index (χ2v) is 5.70. The highest BCUT2D eigenvalue weighted by Crippen LogP contribution is 2.06. The average Bonchev–Trinajstić information content (AvgIpc) is 2.23. The van der Waals surface area contributed by atoms with E-state index in [0.717, 1.165) is 19.7 Å². The molecule has 5 nitrogen and oxygen atoms in total. The maximum Gasteiger partial charge on any atom is 0.0897 e. The Kier molecular flexibility index (Phi) is 9.59. The molecule has 0 aromatic heterocycles. The van der Waals surface area contributed by atoms with E-state index in [2.05, 4.69) is 10.2 Å². The molecule has 0 amide bonds. The second kappa shape index (κ2) is 9.69. The molecule has 0 aliphatic rings. The molecule has 1 atom stereocenters. The topological polar surface area (TPSA) is 54.0 Å². The molecule has 0 radical (unpaired) electrons. The zero-order chi connectivity index (χ0) is 14.0. The van der Waals surface area contributed by atoms with Gasteiger partial charge in [-0.3, -0.25) is 0 Å². The predicted molar refractivity (Wildman–Crippen MR) is 74.0 cm³/mol. The summed E-state index contributed by atoms with van der Waals surface area (Å²) in [6.45, 7) is 9.92. The molecule has 18 heavy (non-hydrogen) atoms. The molecule has 5 heteroatoms. The Morgan fingerprint density at radius 1 is 1.22 bits per heavy atom. The van der Waals surface area contributed by atoms with Gasteiger partial charge in [0.25, 0.3) is 0 Å². The van der Waals surface area contributed by atoms with Crippen LogP contribution in [0.15, 0.2) is 0 Å². The molecule has 0 saturated carbocycles. The van der Waals surface area contributed by atoms with Gasteiger partial charge in [0.05, 0.1) is 31.5 Å². The summed E-state index contributed by atoms with van der Waals surface area (Å²) >= 11 is 0. The van der Waals surface area contributed by atoms with Crippen molar-refractivity contribution >= 4 is 0 Å². The molecule has 0 fully saturated rings. The van der Waals surface area contributed by atoms with Crippen molar-refractivity contribution in [2.75, 3.05) is 53.6 Å². The molecule has 0 saturated heterocycles. The maximum atomic E-state index is 9.65. The molecule has 110 valence electrons. The van der Waals surface area contributed by atoms with E-state index < -0.39 is 6.10 Å². The van der Waals surface area contributed by atoms with Crippen molar-refractivity contribution in [2.45, 2.75) is 32.5 Å². The van der Waals surface area contributed by atoms with E-state index in [1.54, 1.807) is 0 Å². The number of aliphatic hydroxyl groups excluding tert-OH is 1. The molecule has 0 aromatic carbocycles. The fraction of sp³-hybridized carbons (Fsp3) is 1.00. The van der Waals surface area contributed by atoms with Gasteiger partial charge in [0.15, 0.2) is 0 Å². The number of hydrogen-bond acceptors (Lipinski definition) is 5. The number of ether oxygens (including phenoxy) is 2. The zero-order valence-electron chi connectivity index (χ0n) is 12.5. The van der Waals surface area contributed by atoms with Gasteiger partial charge in [-0.25, -0.2) is 0 Å². The fourth-order valence-corrected chi connectivity index (χ4v) is 1.17. The molecular formula is C13H30N2O3. The van der Waals surface area contributed by atoms with Crippen LogP contribution in [0.3, 0.4) is 0 Å². The lowest BCUT2D eigenvalue weighted by molar-refractivity contribution is -0.0480. The van der Waals surface area contributed by atoms with Gasteiger partial charge in [-0.2, -0.15) is 0 Å². The summed E-state index contributed by atoms with van der Waals surface area (Å²) in [6.07, 6.45) is -0.467. The standard InChI is InChI=1S/C13H30N2O3/c1-13(2,3)18-11-12(16)10-14-6-8-17-9-7-15(4)5/h12,14,16H,6-11H2,1-5H3. The van der Waals surface area contributed by atoms with E-state index >= 15 is 0 Å². The van der Waals surface area contributed by atoms with E-state index in [0.29, 0.717) is 19.8 Å². The zero-order valence-corrected chi connectivity index (χ0v) is 12.5. The quantitative estimate of drug-likeness (QED) is 0.556. The lowest BCUT2D eigenvalue weighted by Crippen LogP contribution is -2.35. The van der Waals surface area contributed by atoms with E-state index in [9.17, 15) is 5.11 Å². The molecule has 0 aliphatic carbocycles. The smallest absolute Gasteiger partial charge is 0.0897 e. The summed E-state index contributed by atoms with van der Waals surface area (Å²) in [5, 5.41) is 12.8. The van der Waals surface area contributed by atoms with Crippen LogP contribution < -0.4 is 5.32 Å². The van der Waals surface area contributed by atoms with Crippen LogP contribution in [-0.2, 0) is 9.47 Å². The SMILES string of the molecule is CN(C)CCOCCNCC(O)COC(C)(C)C. The summed E-state index contributed by atoms with van der Waals surface area (Å²) in [5.74, 6) is 0. The molecule has 2 N–H and O–H groups in total. The van der Waals surface area contributed by atoms with E-state index in [4.69, 9.17) is 9.47 Å². The van der Waals surface area contributed by atoms with Gasteiger partial charge in [0.2, 0.25) is 0 Å². The largest absolute Gasteiger partial charge is 0.389 e. The summed E-state index contributed by atoms with van der Waals surface area (Å²) in [5.41, 5.74) is -0.198. The Morgan fingerprint density at radius 3 is 2.44 bits per heavy atom. The monoisotopic (exact) mass is 262 g/mol. The highest BCUT2D eigenvalue weighted by atomic mass is 16.5. The molecule has 0 aromatic rings. The number of nitrogens with one attached hydrogen (secondary N) is 1. The van der Waals surface area contributed by atoms with E-state index in [-0.39, 0.29) is 5.60 Å². The van der Waals surface area contributed by atoms with Gasteiger partial charge in [-0.1, -0.05) is 0 Å². The van der Waals surface area contributed by atoms with Crippen molar-refractivity contribution in [3.8, 4) is 0 Å². The van der Waals surface area contributed by atoms with Gasteiger partial charge < -0.3 is 24.8 Å². The highest BCUT2D eigenvalue weighted by molar-refractivity contribution is 4.63. The molecule has 0 bridgehead atoms. The third kappa shape index (κ3) is 13.9. The van der Waals surface area contributed by atoms with Gasteiger partial charge in [0.1, 0.15) is 0 Å². The number of hydrogen-bond donors (Lipinski definition) is 2. The minimum Gasteiger partial charge on any atom is -0.389 e. The van der Waals surface area contributed by atoms with Crippen LogP contribution in [0, 0.1) is 0 Å². The minimum atomic E-state index is -0.467. The summed E-state index contributed by atoms with van der Waals surface area (Å²) in [6, 6.07) is 0. The minimum absolute atomic E-state index is 0.198. The lowest BCUT2D eigenvalue weighted by atomic mass is 10.2. The number of aliphatic hydroxyl groups is 1. The average molecular weight is 262 g/mol. The molecule has 1 unspecified atom stereocenters.